The summed E-state index contributed by atoms with van der Waals surface area (Å²) < 4.78 is 3.77. The third-order valence-corrected chi connectivity index (χ3v) is 2.70. The molecule has 0 fully saturated rings. The van der Waals surface area contributed by atoms with Crippen LogP contribution in [-0.4, -0.2) is 35.1 Å². The second kappa shape index (κ2) is 6.47. The van der Waals surface area contributed by atoms with E-state index in [9.17, 15) is 4.79 Å². The summed E-state index contributed by atoms with van der Waals surface area (Å²) in [5.74, 6) is -0.0697. The van der Waals surface area contributed by atoms with Gasteiger partial charge in [-0.15, -0.1) is 5.10 Å². The van der Waals surface area contributed by atoms with Gasteiger partial charge in [0.1, 0.15) is 4.88 Å². The molecular formula is C9H16N4OS. The number of aryl methyl sites for hydroxylation is 1. The van der Waals surface area contributed by atoms with E-state index in [4.69, 9.17) is 0 Å². The molecule has 0 saturated carbocycles. The van der Waals surface area contributed by atoms with Crippen LogP contribution in [0.15, 0.2) is 0 Å². The average Bonchev–Trinajstić information content (AvgIpc) is 2.72. The molecule has 1 rings (SSSR count). The van der Waals surface area contributed by atoms with E-state index >= 15 is 0 Å². The predicted octanol–water partition coefficient (Wildman–Crippen LogP) is 0.440. The first kappa shape index (κ1) is 12.1. The molecule has 0 radical (unpaired) electrons. The number of nitrogens with zero attached hydrogens (tertiary/aromatic N) is 2. The summed E-state index contributed by atoms with van der Waals surface area (Å²) in [4.78, 5) is 12.3. The maximum Gasteiger partial charge on any atom is 0.264 e. The molecule has 0 bridgehead atoms. The summed E-state index contributed by atoms with van der Waals surface area (Å²) >= 11 is 1.15. The summed E-state index contributed by atoms with van der Waals surface area (Å²) in [5, 5.41) is 9.85. The lowest BCUT2D eigenvalue weighted by Crippen LogP contribution is -2.31. The Morgan fingerprint density at radius 1 is 1.40 bits per heavy atom. The SMILES string of the molecule is CCNCCNC(=O)c1snnc1CC. The molecule has 0 aliphatic carbocycles. The Kier molecular flexibility index (Phi) is 5.20. The molecule has 0 spiro atoms. The normalized spacial score (nSPS) is 10.3. The lowest BCUT2D eigenvalue weighted by Gasteiger charge is -2.03. The highest BCUT2D eigenvalue weighted by Gasteiger charge is 2.13. The van der Waals surface area contributed by atoms with Crippen molar-refractivity contribution in [1.82, 2.24) is 20.2 Å². The van der Waals surface area contributed by atoms with Crippen LogP contribution in [0.1, 0.15) is 29.2 Å². The number of amides is 1. The topological polar surface area (TPSA) is 66.9 Å². The van der Waals surface area contributed by atoms with E-state index in [1.165, 1.54) is 0 Å². The summed E-state index contributed by atoms with van der Waals surface area (Å²) in [5.41, 5.74) is 0.779. The molecule has 0 unspecified atom stereocenters. The van der Waals surface area contributed by atoms with Gasteiger partial charge in [-0.05, 0) is 24.5 Å². The van der Waals surface area contributed by atoms with Gasteiger partial charge in [-0.3, -0.25) is 4.79 Å². The standard InChI is InChI=1S/C9H16N4OS/c1-3-7-8(15-13-12-7)9(14)11-6-5-10-4-2/h10H,3-6H2,1-2H3,(H,11,14). The fourth-order valence-corrected chi connectivity index (χ4v) is 1.80. The lowest BCUT2D eigenvalue weighted by atomic mass is 10.3. The minimum atomic E-state index is -0.0697. The Morgan fingerprint density at radius 3 is 2.87 bits per heavy atom. The first-order chi connectivity index (χ1) is 7.29. The van der Waals surface area contributed by atoms with Gasteiger partial charge >= 0.3 is 0 Å². The molecule has 84 valence electrons. The quantitative estimate of drug-likeness (QED) is 0.693. The van der Waals surface area contributed by atoms with Crippen LogP contribution in [0.5, 0.6) is 0 Å². The van der Waals surface area contributed by atoms with Gasteiger partial charge in [-0.25, -0.2) is 0 Å². The van der Waals surface area contributed by atoms with Gasteiger partial charge in [0, 0.05) is 13.1 Å². The Bertz CT molecular complexity index is 313. The van der Waals surface area contributed by atoms with E-state index in [1.807, 2.05) is 13.8 Å². The molecule has 1 heterocycles. The Balaban J connectivity index is 2.40. The van der Waals surface area contributed by atoms with Crippen molar-refractivity contribution < 1.29 is 4.79 Å². The van der Waals surface area contributed by atoms with Gasteiger partial charge < -0.3 is 10.6 Å². The van der Waals surface area contributed by atoms with Crippen molar-refractivity contribution in [3.63, 3.8) is 0 Å². The predicted molar refractivity (Wildman–Crippen MR) is 60.2 cm³/mol. The number of hydrogen-bond acceptors (Lipinski definition) is 5. The Morgan fingerprint density at radius 2 is 2.20 bits per heavy atom. The zero-order valence-corrected chi connectivity index (χ0v) is 9.86. The Hall–Kier alpha value is -1.01. The smallest absolute Gasteiger partial charge is 0.264 e. The summed E-state index contributed by atoms with van der Waals surface area (Å²) in [6, 6.07) is 0. The van der Waals surface area contributed by atoms with Crippen LogP contribution in [0.2, 0.25) is 0 Å². The van der Waals surface area contributed by atoms with Gasteiger partial charge in [0.15, 0.2) is 0 Å². The minimum absolute atomic E-state index is 0.0697. The summed E-state index contributed by atoms with van der Waals surface area (Å²) in [6.07, 6.45) is 0.743. The molecule has 5 nitrogen and oxygen atoms in total. The van der Waals surface area contributed by atoms with Crippen molar-refractivity contribution >= 4 is 17.4 Å². The molecule has 0 aliphatic rings. The second-order valence-electron chi connectivity index (χ2n) is 3.01. The van der Waals surface area contributed by atoms with Gasteiger partial charge in [0.2, 0.25) is 0 Å². The number of nitrogens with one attached hydrogen (secondary N) is 2. The summed E-state index contributed by atoms with van der Waals surface area (Å²) in [6.45, 7) is 6.33. The third-order valence-electron chi connectivity index (χ3n) is 1.93. The van der Waals surface area contributed by atoms with Crippen LogP contribution in [0.3, 0.4) is 0 Å². The third kappa shape index (κ3) is 3.56. The van der Waals surface area contributed by atoms with E-state index in [-0.39, 0.29) is 5.91 Å². The number of carbonyl (C=O) groups excluding carboxylic acids is 1. The van der Waals surface area contributed by atoms with Crippen molar-refractivity contribution in [1.29, 1.82) is 0 Å². The molecule has 2 N–H and O–H groups in total. The average molecular weight is 228 g/mol. The highest BCUT2D eigenvalue weighted by Crippen LogP contribution is 2.10. The molecule has 0 saturated heterocycles. The van der Waals surface area contributed by atoms with Crippen molar-refractivity contribution in [2.45, 2.75) is 20.3 Å². The van der Waals surface area contributed by atoms with Gasteiger partial charge in [0.05, 0.1) is 5.69 Å². The number of aromatic nitrogens is 2. The summed E-state index contributed by atoms with van der Waals surface area (Å²) in [7, 11) is 0. The highest BCUT2D eigenvalue weighted by molar-refractivity contribution is 7.08. The molecule has 0 aromatic carbocycles. The van der Waals surface area contributed by atoms with E-state index < -0.39 is 0 Å². The van der Waals surface area contributed by atoms with Crippen molar-refractivity contribution in [3.05, 3.63) is 10.6 Å². The van der Waals surface area contributed by atoms with Crippen LogP contribution in [0, 0.1) is 0 Å². The number of hydrogen-bond donors (Lipinski definition) is 2. The fourth-order valence-electron chi connectivity index (χ4n) is 1.13. The maximum absolute atomic E-state index is 11.6. The number of rotatable bonds is 6. The maximum atomic E-state index is 11.6. The largest absolute Gasteiger partial charge is 0.350 e. The molecule has 15 heavy (non-hydrogen) atoms. The molecule has 1 aromatic rings. The molecular weight excluding hydrogens is 212 g/mol. The minimum Gasteiger partial charge on any atom is -0.350 e. The van der Waals surface area contributed by atoms with Crippen LogP contribution < -0.4 is 10.6 Å². The number of likely N-dealkylation sites (N-methyl/N-ethyl adjacent to an activating group) is 1. The van der Waals surface area contributed by atoms with Gasteiger partial charge in [-0.1, -0.05) is 18.3 Å². The van der Waals surface area contributed by atoms with E-state index in [2.05, 4.69) is 20.2 Å². The van der Waals surface area contributed by atoms with E-state index in [0.717, 1.165) is 36.7 Å². The molecule has 0 aliphatic heterocycles. The lowest BCUT2D eigenvalue weighted by molar-refractivity contribution is 0.0957. The molecule has 1 aromatic heterocycles. The fraction of sp³-hybridized carbons (Fsp3) is 0.667. The van der Waals surface area contributed by atoms with E-state index in [1.54, 1.807) is 0 Å². The van der Waals surface area contributed by atoms with Gasteiger partial charge in [0.25, 0.3) is 5.91 Å². The molecule has 0 atom stereocenters. The van der Waals surface area contributed by atoms with Crippen molar-refractivity contribution in [2.75, 3.05) is 19.6 Å². The van der Waals surface area contributed by atoms with Crippen LogP contribution in [0.4, 0.5) is 0 Å². The zero-order chi connectivity index (χ0) is 11.1. The van der Waals surface area contributed by atoms with E-state index in [0.29, 0.717) is 11.4 Å². The van der Waals surface area contributed by atoms with Crippen LogP contribution >= 0.6 is 11.5 Å². The van der Waals surface area contributed by atoms with Gasteiger partial charge in [-0.2, -0.15) is 0 Å². The van der Waals surface area contributed by atoms with Crippen LogP contribution in [0.25, 0.3) is 0 Å². The first-order valence-electron chi connectivity index (χ1n) is 5.09. The Labute approximate surface area is 93.4 Å². The first-order valence-corrected chi connectivity index (χ1v) is 5.87. The zero-order valence-electron chi connectivity index (χ0n) is 9.04. The number of carbonyl (C=O) groups is 1. The highest BCUT2D eigenvalue weighted by atomic mass is 32.1. The van der Waals surface area contributed by atoms with Crippen LogP contribution in [-0.2, 0) is 6.42 Å². The second-order valence-corrected chi connectivity index (χ2v) is 3.77. The molecule has 6 heteroatoms. The monoisotopic (exact) mass is 228 g/mol. The molecule has 1 amide bonds. The van der Waals surface area contributed by atoms with Crippen molar-refractivity contribution in [3.8, 4) is 0 Å². The van der Waals surface area contributed by atoms with Crippen molar-refractivity contribution in [2.24, 2.45) is 0 Å².